The molecule has 0 aliphatic rings. The zero-order valence-corrected chi connectivity index (χ0v) is 13.2. The smallest absolute Gasteiger partial charge is 0.212 e. The minimum Gasteiger partial charge on any atom is -0.389 e. The number of hydrogen-bond acceptors (Lipinski definition) is 4. The number of aromatic nitrogens is 1. The maximum absolute atomic E-state index is 11.9. The van der Waals surface area contributed by atoms with Crippen LogP contribution in [0.25, 0.3) is 0 Å². The summed E-state index contributed by atoms with van der Waals surface area (Å²) in [5.74, 6) is 0.282. The molecule has 1 unspecified atom stereocenters. The molecule has 0 fully saturated rings. The summed E-state index contributed by atoms with van der Waals surface area (Å²) in [7, 11) is -3.40. The van der Waals surface area contributed by atoms with Crippen LogP contribution in [0.2, 0.25) is 0 Å². The molecule has 0 amide bonds. The lowest BCUT2D eigenvalue weighted by molar-refractivity contribution is 0.0437. The number of sulfonamides is 1. The predicted molar refractivity (Wildman–Crippen MR) is 79.8 cm³/mol. The zero-order valence-electron chi connectivity index (χ0n) is 12.3. The van der Waals surface area contributed by atoms with E-state index in [2.05, 4.69) is 9.71 Å². The van der Waals surface area contributed by atoms with Crippen molar-refractivity contribution in [1.29, 1.82) is 0 Å². The van der Waals surface area contributed by atoms with Crippen LogP contribution in [-0.2, 0) is 16.4 Å². The van der Waals surface area contributed by atoms with Crippen LogP contribution in [0.4, 0.5) is 0 Å². The van der Waals surface area contributed by atoms with Crippen molar-refractivity contribution in [2.45, 2.75) is 39.2 Å². The van der Waals surface area contributed by atoms with Crippen molar-refractivity contribution in [2.75, 3.05) is 12.3 Å². The number of pyridine rings is 1. The van der Waals surface area contributed by atoms with Crippen molar-refractivity contribution in [2.24, 2.45) is 5.92 Å². The van der Waals surface area contributed by atoms with Crippen LogP contribution in [-0.4, -0.2) is 36.4 Å². The lowest BCUT2D eigenvalue weighted by atomic mass is 9.95. The fourth-order valence-electron chi connectivity index (χ4n) is 2.07. The van der Waals surface area contributed by atoms with Gasteiger partial charge < -0.3 is 5.11 Å². The highest BCUT2D eigenvalue weighted by molar-refractivity contribution is 7.89. The molecule has 1 heterocycles. The van der Waals surface area contributed by atoms with E-state index in [9.17, 15) is 13.5 Å². The Labute approximate surface area is 121 Å². The standard InChI is InChI=1S/C14H24N2O3S/c1-12(2)10-14(3,17)11-16-20(18,19)9-7-13-6-4-5-8-15-13/h4-6,8,12,16-17H,7,9-11H2,1-3H3. The van der Waals surface area contributed by atoms with E-state index < -0.39 is 15.6 Å². The average molecular weight is 300 g/mol. The van der Waals surface area contributed by atoms with Gasteiger partial charge in [0.05, 0.1) is 11.4 Å². The quantitative estimate of drug-likeness (QED) is 0.759. The Bertz CT molecular complexity index is 498. The first-order valence-electron chi connectivity index (χ1n) is 6.80. The summed E-state index contributed by atoms with van der Waals surface area (Å²) in [6.45, 7) is 5.66. The first-order valence-corrected chi connectivity index (χ1v) is 8.45. The maximum atomic E-state index is 11.9. The number of aliphatic hydroxyl groups is 1. The summed E-state index contributed by atoms with van der Waals surface area (Å²) in [5, 5.41) is 10.1. The molecular weight excluding hydrogens is 276 g/mol. The minimum atomic E-state index is -3.40. The van der Waals surface area contributed by atoms with Gasteiger partial charge >= 0.3 is 0 Å². The Morgan fingerprint density at radius 1 is 1.40 bits per heavy atom. The fourth-order valence-corrected chi connectivity index (χ4v) is 3.23. The summed E-state index contributed by atoms with van der Waals surface area (Å²) >= 11 is 0. The van der Waals surface area contributed by atoms with E-state index in [1.807, 2.05) is 19.9 Å². The molecule has 1 aromatic heterocycles. The Balaban J connectivity index is 2.46. The highest BCUT2D eigenvalue weighted by Crippen LogP contribution is 2.15. The van der Waals surface area contributed by atoms with Crippen molar-refractivity contribution in [3.8, 4) is 0 Å². The zero-order chi connectivity index (χ0) is 15.2. The fraction of sp³-hybridized carbons (Fsp3) is 0.643. The number of rotatable bonds is 8. The highest BCUT2D eigenvalue weighted by Gasteiger charge is 2.24. The SMILES string of the molecule is CC(C)CC(C)(O)CNS(=O)(=O)CCc1ccccn1. The molecule has 0 radical (unpaired) electrons. The molecule has 6 heteroatoms. The Hall–Kier alpha value is -0.980. The topological polar surface area (TPSA) is 79.3 Å². The second-order valence-corrected chi connectivity index (χ2v) is 7.73. The summed E-state index contributed by atoms with van der Waals surface area (Å²) in [4.78, 5) is 4.09. The van der Waals surface area contributed by atoms with Crippen molar-refractivity contribution in [1.82, 2.24) is 9.71 Å². The third-order valence-electron chi connectivity index (χ3n) is 2.87. The van der Waals surface area contributed by atoms with E-state index in [-0.39, 0.29) is 12.3 Å². The van der Waals surface area contributed by atoms with Gasteiger partial charge in [-0.25, -0.2) is 13.1 Å². The monoisotopic (exact) mass is 300 g/mol. The van der Waals surface area contributed by atoms with Gasteiger partial charge in [0.25, 0.3) is 0 Å². The van der Waals surface area contributed by atoms with Crippen LogP contribution in [0.1, 0.15) is 32.9 Å². The van der Waals surface area contributed by atoms with Gasteiger partial charge in [-0.15, -0.1) is 0 Å². The van der Waals surface area contributed by atoms with E-state index in [0.717, 1.165) is 5.69 Å². The lowest BCUT2D eigenvalue weighted by Crippen LogP contribution is -2.42. The van der Waals surface area contributed by atoms with Crippen LogP contribution >= 0.6 is 0 Å². The average Bonchev–Trinajstić information content (AvgIpc) is 2.34. The number of nitrogens with one attached hydrogen (secondary N) is 1. The second kappa shape index (κ2) is 7.15. The minimum absolute atomic E-state index is 0.0260. The molecule has 0 spiro atoms. The van der Waals surface area contributed by atoms with Crippen LogP contribution in [0.5, 0.6) is 0 Å². The van der Waals surface area contributed by atoms with Crippen LogP contribution < -0.4 is 4.72 Å². The highest BCUT2D eigenvalue weighted by atomic mass is 32.2. The van der Waals surface area contributed by atoms with E-state index in [1.54, 1.807) is 25.3 Å². The molecule has 0 saturated carbocycles. The van der Waals surface area contributed by atoms with E-state index in [0.29, 0.717) is 18.8 Å². The normalized spacial score (nSPS) is 15.2. The number of aryl methyl sites for hydroxylation is 1. The number of nitrogens with zero attached hydrogens (tertiary/aromatic N) is 1. The van der Waals surface area contributed by atoms with Crippen LogP contribution in [0, 0.1) is 5.92 Å². The van der Waals surface area contributed by atoms with Crippen molar-refractivity contribution in [3.63, 3.8) is 0 Å². The van der Waals surface area contributed by atoms with Gasteiger partial charge in [-0.2, -0.15) is 0 Å². The molecule has 0 aliphatic carbocycles. The molecule has 1 atom stereocenters. The summed E-state index contributed by atoms with van der Waals surface area (Å²) in [5.41, 5.74) is -0.279. The Morgan fingerprint density at radius 2 is 2.10 bits per heavy atom. The number of hydrogen-bond donors (Lipinski definition) is 2. The molecule has 1 rings (SSSR count). The largest absolute Gasteiger partial charge is 0.389 e. The van der Waals surface area contributed by atoms with Gasteiger partial charge in [0.2, 0.25) is 10.0 Å². The van der Waals surface area contributed by atoms with Gasteiger partial charge in [-0.05, 0) is 31.4 Å². The molecule has 5 nitrogen and oxygen atoms in total. The molecule has 0 aliphatic heterocycles. The van der Waals surface area contributed by atoms with Crippen LogP contribution in [0.3, 0.4) is 0 Å². The van der Waals surface area contributed by atoms with Gasteiger partial charge in [0, 0.05) is 24.9 Å². The Kier molecular flexibility index (Phi) is 6.10. The molecule has 2 N–H and O–H groups in total. The van der Waals surface area contributed by atoms with Crippen molar-refractivity contribution in [3.05, 3.63) is 30.1 Å². The lowest BCUT2D eigenvalue weighted by Gasteiger charge is -2.25. The molecule has 0 bridgehead atoms. The third-order valence-corrected chi connectivity index (χ3v) is 4.20. The third kappa shape index (κ3) is 6.98. The first kappa shape index (κ1) is 17.1. The summed E-state index contributed by atoms with van der Waals surface area (Å²) < 4.78 is 26.2. The maximum Gasteiger partial charge on any atom is 0.212 e. The van der Waals surface area contributed by atoms with Crippen LogP contribution in [0.15, 0.2) is 24.4 Å². The predicted octanol–water partition coefficient (Wildman–Crippen LogP) is 1.34. The second-order valence-electron chi connectivity index (χ2n) is 5.81. The molecule has 20 heavy (non-hydrogen) atoms. The van der Waals surface area contributed by atoms with Gasteiger partial charge in [0.15, 0.2) is 0 Å². The molecule has 114 valence electrons. The van der Waals surface area contributed by atoms with Gasteiger partial charge in [-0.1, -0.05) is 19.9 Å². The van der Waals surface area contributed by atoms with Gasteiger partial charge in [0.1, 0.15) is 0 Å². The molecule has 0 saturated heterocycles. The van der Waals surface area contributed by atoms with Crippen molar-refractivity contribution < 1.29 is 13.5 Å². The Morgan fingerprint density at radius 3 is 2.65 bits per heavy atom. The van der Waals surface area contributed by atoms with E-state index in [1.165, 1.54) is 0 Å². The summed E-state index contributed by atoms with van der Waals surface area (Å²) in [6.07, 6.45) is 2.56. The van der Waals surface area contributed by atoms with Crippen molar-refractivity contribution >= 4 is 10.0 Å². The molecule has 0 aromatic carbocycles. The summed E-state index contributed by atoms with van der Waals surface area (Å²) in [6, 6.07) is 5.42. The van der Waals surface area contributed by atoms with Gasteiger partial charge in [-0.3, -0.25) is 4.98 Å². The van der Waals surface area contributed by atoms with E-state index >= 15 is 0 Å². The molecule has 1 aromatic rings. The molecular formula is C14H24N2O3S. The first-order chi connectivity index (χ1) is 9.20. The van der Waals surface area contributed by atoms with E-state index in [4.69, 9.17) is 0 Å².